The van der Waals surface area contributed by atoms with Crippen molar-refractivity contribution in [2.45, 2.75) is 12.7 Å². The minimum Gasteiger partial charge on any atom is -0.444 e. The quantitative estimate of drug-likeness (QED) is 0.749. The highest BCUT2D eigenvalue weighted by molar-refractivity contribution is 5.84. The van der Waals surface area contributed by atoms with Crippen LogP contribution in [0.1, 0.15) is 23.1 Å². The van der Waals surface area contributed by atoms with E-state index in [4.69, 9.17) is 4.74 Å². The summed E-state index contributed by atoms with van der Waals surface area (Å²) in [5, 5.41) is 13.0. The van der Waals surface area contributed by atoms with Crippen LogP contribution in [0, 0.1) is 0 Å². The number of imidazole rings is 1. The van der Waals surface area contributed by atoms with Crippen molar-refractivity contribution in [3.8, 4) is 0 Å². The summed E-state index contributed by atoms with van der Waals surface area (Å²) in [5.74, 6) is 0.558. The molecule has 0 aliphatic heterocycles. The van der Waals surface area contributed by atoms with Gasteiger partial charge >= 0.3 is 6.09 Å². The number of hydrogen-bond donors (Lipinski definition) is 2. The molecule has 0 radical (unpaired) electrons. The Morgan fingerprint density at radius 1 is 1.20 bits per heavy atom. The molecule has 1 atom stereocenters. The molecule has 6 nitrogen and oxygen atoms in total. The van der Waals surface area contributed by atoms with E-state index in [9.17, 15) is 9.90 Å². The molecule has 1 amide bonds. The first kappa shape index (κ1) is 16.7. The van der Waals surface area contributed by atoms with E-state index in [0.29, 0.717) is 17.1 Å². The molecular weight excluding hydrogens is 318 g/mol. The van der Waals surface area contributed by atoms with Crippen molar-refractivity contribution < 1.29 is 14.6 Å². The Balaban J connectivity index is 1.57. The molecule has 0 saturated heterocycles. The molecule has 0 fully saturated rings. The number of ether oxygens (including phenoxy) is 1. The largest absolute Gasteiger partial charge is 0.444 e. The van der Waals surface area contributed by atoms with Gasteiger partial charge in [0, 0.05) is 25.1 Å². The second-order valence-corrected chi connectivity index (χ2v) is 5.61. The fraction of sp³-hybridized carbons (Fsp3) is 0.158. The molecule has 25 heavy (non-hydrogen) atoms. The topological polar surface area (TPSA) is 76.4 Å². The third-order valence-corrected chi connectivity index (χ3v) is 3.79. The number of aromatic nitrogens is 2. The van der Waals surface area contributed by atoms with Crippen molar-refractivity contribution >= 4 is 11.8 Å². The maximum atomic E-state index is 11.8. The monoisotopic (exact) mass is 337 g/mol. The van der Waals surface area contributed by atoms with Gasteiger partial charge in [-0.2, -0.15) is 0 Å². The lowest BCUT2D eigenvalue weighted by molar-refractivity contribution is 0.155. The highest BCUT2D eigenvalue weighted by Gasteiger charge is 2.14. The Kier molecular flexibility index (Phi) is 5.11. The highest BCUT2D eigenvalue weighted by Crippen LogP contribution is 2.21. The number of aryl methyl sites for hydroxylation is 1. The van der Waals surface area contributed by atoms with Gasteiger partial charge in [0.15, 0.2) is 0 Å². The zero-order valence-corrected chi connectivity index (χ0v) is 13.8. The van der Waals surface area contributed by atoms with E-state index in [-0.39, 0.29) is 6.61 Å². The maximum Gasteiger partial charge on any atom is 0.411 e. The Labute approximate surface area is 145 Å². The van der Waals surface area contributed by atoms with Crippen molar-refractivity contribution in [3.05, 3.63) is 83.9 Å². The second-order valence-electron chi connectivity index (χ2n) is 5.61. The van der Waals surface area contributed by atoms with Crippen LogP contribution in [-0.4, -0.2) is 20.8 Å². The van der Waals surface area contributed by atoms with Crippen molar-refractivity contribution in [1.29, 1.82) is 0 Å². The number of aliphatic hydroxyl groups excluding tert-OH is 1. The van der Waals surface area contributed by atoms with E-state index in [1.165, 1.54) is 0 Å². The number of rotatable bonds is 5. The average Bonchev–Trinajstić information content (AvgIpc) is 3.07. The summed E-state index contributed by atoms with van der Waals surface area (Å²) < 4.78 is 6.93. The van der Waals surface area contributed by atoms with Crippen LogP contribution in [0.3, 0.4) is 0 Å². The van der Waals surface area contributed by atoms with Gasteiger partial charge in [-0.1, -0.05) is 42.5 Å². The first-order valence-corrected chi connectivity index (χ1v) is 7.86. The third kappa shape index (κ3) is 4.24. The van der Waals surface area contributed by atoms with Crippen LogP contribution < -0.4 is 5.32 Å². The van der Waals surface area contributed by atoms with Crippen molar-refractivity contribution in [2.75, 3.05) is 5.32 Å². The number of nitrogens with one attached hydrogen (secondary N) is 1. The molecule has 2 N–H and O–H groups in total. The van der Waals surface area contributed by atoms with Gasteiger partial charge in [0.1, 0.15) is 18.5 Å². The normalized spacial score (nSPS) is 11.8. The van der Waals surface area contributed by atoms with Gasteiger partial charge in [-0.05, 0) is 23.3 Å². The van der Waals surface area contributed by atoms with Crippen LogP contribution in [0.2, 0.25) is 0 Å². The number of aliphatic hydroxyl groups is 1. The van der Waals surface area contributed by atoms with E-state index >= 15 is 0 Å². The fourth-order valence-electron chi connectivity index (χ4n) is 2.42. The zero-order valence-electron chi connectivity index (χ0n) is 13.8. The smallest absolute Gasteiger partial charge is 0.411 e. The fourth-order valence-corrected chi connectivity index (χ4v) is 2.42. The summed E-state index contributed by atoms with van der Waals surface area (Å²) >= 11 is 0. The summed E-state index contributed by atoms with van der Waals surface area (Å²) in [6.07, 6.45) is 2.06. The van der Waals surface area contributed by atoms with Gasteiger partial charge in [0.25, 0.3) is 0 Å². The minimum absolute atomic E-state index is 0.211. The van der Waals surface area contributed by atoms with Gasteiger partial charge in [-0.15, -0.1) is 0 Å². The first-order valence-electron chi connectivity index (χ1n) is 7.86. The zero-order chi connectivity index (χ0) is 17.6. The van der Waals surface area contributed by atoms with E-state index in [2.05, 4.69) is 10.3 Å². The van der Waals surface area contributed by atoms with Crippen LogP contribution in [0.25, 0.3) is 0 Å². The predicted octanol–water partition coefficient (Wildman–Crippen LogP) is 3.25. The Morgan fingerprint density at radius 3 is 2.56 bits per heavy atom. The Morgan fingerprint density at radius 2 is 1.92 bits per heavy atom. The number of anilines is 1. The van der Waals surface area contributed by atoms with Crippen LogP contribution in [0.5, 0.6) is 0 Å². The van der Waals surface area contributed by atoms with Crippen LogP contribution in [0.15, 0.2) is 67.0 Å². The van der Waals surface area contributed by atoms with E-state index < -0.39 is 12.2 Å². The average molecular weight is 337 g/mol. The number of benzene rings is 2. The summed E-state index contributed by atoms with van der Waals surface area (Å²) in [7, 11) is 1.82. The van der Waals surface area contributed by atoms with Crippen molar-refractivity contribution in [3.63, 3.8) is 0 Å². The molecule has 6 heteroatoms. The molecule has 1 aromatic heterocycles. The molecule has 3 aromatic rings. The lowest BCUT2D eigenvalue weighted by atomic mass is 10.1. The molecular formula is C19H19N3O3. The molecule has 0 spiro atoms. The number of amides is 1. The van der Waals surface area contributed by atoms with Crippen LogP contribution >= 0.6 is 0 Å². The standard InChI is InChI=1S/C19H19N3O3/c1-22-12-11-20-18(22)17(23)15-7-9-16(10-8-15)21-19(24)25-13-14-5-3-2-4-6-14/h2-12,17,23H,13H2,1H3,(H,21,24). The molecule has 0 saturated carbocycles. The molecule has 0 aliphatic rings. The van der Waals surface area contributed by atoms with Gasteiger partial charge in [0.05, 0.1) is 0 Å². The van der Waals surface area contributed by atoms with Gasteiger partial charge < -0.3 is 14.4 Å². The van der Waals surface area contributed by atoms with E-state index in [1.54, 1.807) is 41.2 Å². The van der Waals surface area contributed by atoms with E-state index in [1.807, 2.05) is 37.4 Å². The van der Waals surface area contributed by atoms with Crippen LogP contribution in [0.4, 0.5) is 10.5 Å². The summed E-state index contributed by atoms with van der Waals surface area (Å²) in [6.45, 7) is 0.211. The Bertz CT molecular complexity index is 829. The molecule has 0 aliphatic carbocycles. The van der Waals surface area contributed by atoms with E-state index in [0.717, 1.165) is 5.56 Å². The Hall–Kier alpha value is -3.12. The molecule has 2 aromatic carbocycles. The number of carbonyl (C=O) groups excluding carboxylic acids is 1. The van der Waals surface area contributed by atoms with Gasteiger partial charge in [-0.25, -0.2) is 9.78 Å². The second kappa shape index (κ2) is 7.63. The molecule has 3 rings (SSSR count). The molecule has 1 heterocycles. The minimum atomic E-state index is -0.820. The third-order valence-electron chi connectivity index (χ3n) is 3.79. The highest BCUT2D eigenvalue weighted by atomic mass is 16.5. The van der Waals surface area contributed by atoms with Crippen molar-refractivity contribution in [2.24, 2.45) is 7.05 Å². The SMILES string of the molecule is Cn1ccnc1C(O)c1ccc(NC(=O)OCc2ccccc2)cc1. The number of nitrogens with zero attached hydrogens (tertiary/aromatic N) is 2. The maximum absolute atomic E-state index is 11.8. The number of carbonyl (C=O) groups is 1. The lowest BCUT2D eigenvalue weighted by Crippen LogP contribution is -2.13. The van der Waals surface area contributed by atoms with Crippen LogP contribution in [-0.2, 0) is 18.4 Å². The molecule has 1 unspecified atom stereocenters. The molecule has 0 bridgehead atoms. The number of hydrogen-bond acceptors (Lipinski definition) is 4. The molecule has 128 valence electrons. The first-order chi connectivity index (χ1) is 12.1. The summed E-state index contributed by atoms with van der Waals surface area (Å²) in [5.41, 5.74) is 2.21. The summed E-state index contributed by atoms with van der Waals surface area (Å²) in [6, 6.07) is 16.4. The predicted molar refractivity (Wildman–Crippen MR) is 94.0 cm³/mol. The summed E-state index contributed by atoms with van der Waals surface area (Å²) in [4.78, 5) is 16.0. The lowest BCUT2D eigenvalue weighted by Gasteiger charge is -2.12. The van der Waals surface area contributed by atoms with Gasteiger partial charge in [0.2, 0.25) is 0 Å². The van der Waals surface area contributed by atoms with Gasteiger partial charge in [-0.3, -0.25) is 5.32 Å². The van der Waals surface area contributed by atoms with Crippen molar-refractivity contribution in [1.82, 2.24) is 9.55 Å².